The van der Waals surface area contributed by atoms with Crippen molar-refractivity contribution in [1.82, 2.24) is 0 Å². The van der Waals surface area contributed by atoms with E-state index in [1.165, 1.54) is 0 Å². The molecule has 0 heterocycles. The number of halogens is 1. The Morgan fingerprint density at radius 1 is 1.16 bits per heavy atom. The number of nitrogens with one attached hydrogen (secondary N) is 1. The zero-order valence-corrected chi connectivity index (χ0v) is 11.7. The van der Waals surface area contributed by atoms with E-state index < -0.39 is 0 Å². The fourth-order valence-electron chi connectivity index (χ4n) is 1.96. The molecule has 19 heavy (non-hydrogen) atoms. The molecular weight excluding hydrogens is 256 g/mol. The van der Waals surface area contributed by atoms with Crippen molar-refractivity contribution in [2.75, 3.05) is 5.32 Å². The zero-order valence-electron chi connectivity index (χ0n) is 10.9. The predicted molar refractivity (Wildman–Crippen MR) is 79.4 cm³/mol. The van der Waals surface area contributed by atoms with Crippen molar-refractivity contribution in [3.63, 3.8) is 0 Å². The van der Waals surface area contributed by atoms with Crippen molar-refractivity contribution in [1.29, 1.82) is 5.26 Å². The molecule has 2 aromatic carbocycles. The van der Waals surface area contributed by atoms with E-state index in [-0.39, 0.29) is 6.04 Å². The Bertz CT molecular complexity index is 591. The lowest BCUT2D eigenvalue weighted by Crippen LogP contribution is -2.08. The molecule has 2 nitrogen and oxygen atoms in total. The van der Waals surface area contributed by atoms with Gasteiger partial charge < -0.3 is 5.32 Å². The quantitative estimate of drug-likeness (QED) is 0.878. The van der Waals surface area contributed by atoms with Crippen LogP contribution in [0, 0.1) is 18.3 Å². The first kappa shape index (κ1) is 13.5. The van der Waals surface area contributed by atoms with Gasteiger partial charge in [0.1, 0.15) is 0 Å². The van der Waals surface area contributed by atoms with Gasteiger partial charge in [0, 0.05) is 6.04 Å². The molecular formula is C16H15ClN2. The molecule has 0 aliphatic carbocycles. The molecule has 0 radical (unpaired) electrons. The van der Waals surface area contributed by atoms with Gasteiger partial charge in [-0.2, -0.15) is 5.26 Å². The largest absolute Gasteiger partial charge is 0.377 e. The monoisotopic (exact) mass is 270 g/mol. The molecule has 1 N–H and O–H groups in total. The van der Waals surface area contributed by atoms with Crippen molar-refractivity contribution in [3.8, 4) is 6.07 Å². The van der Waals surface area contributed by atoms with E-state index in [1.807, 2.05) is 49.4 Å². The molecule has 2 rings (SSSR count). The van der Waals surface area contributed by atoms with Crippen LogP contribution >= 0.6 is 11.6 Å². The van der Waals surface area contributed by atoms with Crippen LogP contribution in [0.2, 0.25) is 5.02 Å². The molecule has 0 saturated heterocycles. The molecule has 0 fully saturated rings. The summed E-state index contributed by atoms with van der Waals surface area (Å²) in [6.45, 7) is 4.10. The normalized spacial score (nSPS) is 11.7. The summed E-state index contributed by atoms with van der Waals surface area (Å²) in [6.07, 6.45) is 0. The Hall–Kier alpha value is -1.98. The highest BCUT2D eigenvalue weighted by Gasteiger charge is 2.09. The van der Waals surface area contributed by atoms with Gasteiger partial charge in [0.25, 0.3) is 0 Å². The van der Waals surface area contributed by atoms with E-state index in [2.05, 4.69) is 18.3 Å². The van der Waals surface area contributed by atoms with Crippen molar-refractivity contribution < 1.29 is 0 Å². The molecule has 0 spiro atoms. The number of nitriles is 1. The first-order chi connectivity index (χ1) is 9.11. The van der Waals surface area contributed by atoms with Gasteiger partial charge in [0.2, 0.25) is 0 Å². The van der Waals surface area contributed by atoms with Crippen LogP contribution in [0.1, 0.15) is 29.7 Å². The molecule has 3 heteroatoms. The summed E-state index contributed by atoms with van der Waals surface area (Å²) in [5.74, 6) is 0. The highest BCUT2D eigenvalue weighted by atomic mass is 35.5. The number of hydrogen-bond acceptors (Lipinski definition) is 2. The van der Waals surface area contributed by atoms with E-state index >= 15 is 0 Å². The lowest BCUT2D eigenvalue weighted by atomic mass is 10.1. The second-order valence-electron chi connectivity index (χ2n) is 4.53. The average molecular weight is 271 g/mol. The number of benzene rings is 2. The summed E-state index contributed by atoms with van der Waals surface area (Å²) in [6, 6.07) is 15.7. The van der Waals surface area contributed by atoms with Gasteiger partial charge in [-0.05, 0) is 43.2 Å². The third kappa shape index (κ3) is 3.07. The van der Waals surface area contributed by atoms with Gasteiger partial charge in [-0.15, -0.1) is 0 Å². The molecule has 0 bridgehead atoms. The minimum Gasteiger partial charge on any atom is -0.377 e. The zero-order chi connectivity index (χ0) is 13.8. The van der Waals surface area contributed by atoms with Crippen molar-refractivity contribution in [2.45, 2.75) is 19.9 Å². The third-order valence-electron chi connectivity index (χ3n) is 3.12. The molecule has 0 aromatic heterocycles. The highest BCUT2D eigenvalue weighted by Crippen LogP contribution is 2.29. The molecule has 1 atom stereocenters. The number of rotatable bonds is 3. The number of anilines is 1. The fraction of sp³-hybridized carbons (Fsp3) is 0.188. The summed E-state index contributed by atoms with van der Waals surface area (Å²) in [4.78, 5) is 0. The van der Waals surface area contributed by atoms with Gasteiger partial charge in [-0.1, -0.05) is 35.9 Å². The number of hydrogen-bond donors (Lipinski definition) is 1. The number of para-hydroxylation sites is 1. The fourth-order valence-corrected chi connectivity index (χ4v) is 2.24. The summed E-state index contributed by atoms with van der Waals surface area (Å²) >= 11 is 6.20. The van der Waals surface area contributed by atoms with Crippen LogP contribution in [0.15, 0.2) is 42.5 Å². The minimum atomic E-state index is 0.131. The van der Waals surface area contributed by atoms with E-state index in [9.17, 15) is 0 Å². The molecule has 0 amide bonds. The molecule has 0 aliphatic rings. The second kappa shape index (κ2) is 5.77. The van der Waals surface area contributed by atoms with Crippen LogP contribution in [-0.2, 0) is 0 Å². The van der Waals surface area contributed by atoms with Gasteiger partial charge in [0.15, 0.2) is 0 Å². The van der Waals surface area contributed by atoms with E-state index in [4.69, 9.17) is 16.9 Å². The Labute approximate surface area is 118 Å². The topological polar surface area (TPSA) is 35.8 Å². The van der Waals surface area contributed by atoms with Crippen LogP contribution < -0.4 is 5.32 Å². The Balaban J connectivity index is 2.21. The first-order valence-corrected chi connectivity index (χ1v) is 6.51. The van der Waals surface area contributed by atoms with Crippen LogP contribution in [0.5, 0.6) is 0 Å². The van der Waals surface area contributed by atoms with Gasteiger partial charge >= 0.3 is 0 Å². The second-order valence-corrected chi connectivity index (χ2v) is 4.94. The standard InChI is InChI=1S/C16H15ClN2/c1-11-4-3-5-15(17)16(11)19-12(2)14-8-6-13(10-18)7-9-14/h3-9,12,19H,1-2H3. The van der Waals surface area contributed by atoms with E-state index in [1.54, 1.807) is 0 Å². The third-order valence-corrected chi connectivity index (χ3v) is 3.44. The Kier molecular flexibility index (Phi) is 4.09. The predicted octanol–water partition coefficient (Wildman–Crippen LogP) is 4.69. The molecule has 96 valence electrons. The maximum atomic E-state index is 8.79. The molecule has 0 aliphatic heterocycles. The summed E-state index contributed by atoms with van der Waals surface area (Å²) in [5, 5.41) is 12.9. The molecule has 2 aromatic rings. The van der Waals surface area contributed by atoms with Crippen LogP contribution in [0.25, 0.3) is 0 Å². The number of aryl methyl sites for hydroxylation is 1. The van der Waals surface area contributed by atoms with Gasteiger partial charge in [-0.3, -0.25) is 0 Å². The Morgan fingerprint density at radius 2 is 1.84 bits per heavy atom. The van der Waals surface area contributed by atoms with Gasteiger partial charge in [0.05, 0.1) is 22.3 Å². The van der Waals surface area contributed by atoms with E-state index in [0.29, 0.717) is 5.56 Å². The Morgan fingerprint density at radius 3 is 2.42 bits per heavy atom. The average Bonchev–Trinajstić information content (AvgIpc) is 2.43. The summed E-state index contributed by atoms with van der Waals surface area (Å²) in [5.41, 5.74) is 3.87. The lowest BCUT2D eigenvalue weighted by Gasteiger charge is -2.18. The van der Waals surface area contributed by atoms with Crippen LogP contribution in [0.4, 0.5) is 5.69 Å². The minimum absolute atomic E-state index is 0.131. The SMILES string of the molecule is Cc1cccc(Cl)c1NC(C)c1ccc(C#N)cc1. The van der Waals surface area contributed by atoms with Crippen LogP contribution in [-0.4, -0.2) is 0 Å². The van der Waals surface area contributed by atoms with Gasteiger partial charge in [-0.25, -0.2) is 0 Å². The van der Waals surface area contributed by atoms with Crippen LogP contribution in [0.3, 0.4) is 0 Å². The maximum absolute atomic E-state index is 8.79. The first-order valence-electron chi connectivity index (χ1n) is 6.13. The van der Waals surface area contributed by atoms with Crippen molar-refractivity contribution in [3.05, 3.63) is 64.2 Å². The van der Waals surface area contributed by atoms with Crippen molar-refractivity contribution >= 4 is 17.3 Å². The van der Waals surface area contributed by atoms with E-state index in [0.717, 1.165) is 21.8 Å². The maximum Gasteiger partial charge on any atom is 0.0991 e. The number of nitrogens with zero attached hydrogens (tertiary/aromatic N) is 1. The smallest absolute Gasteiger partial charge is 0.0991 e. The molecule has 1 unspecified atom stereocenters. The molecule has 0 saturated carbocycles. The summed E-state index contributed by atoms with van der Waals surface area (Å²) in [7, 11) is 0. The van der Waals surface area contributed by atoms with Crippen molar-refractivity contribution in [2.24, 2.45) is 0 Å². The highest BCUT2D eigenvalue weighted by molar-refractivity contribution is 6.33. The summed E-state index contributed by atoms with van der Waals surface area (Å²) < 4.78 is 0. The lowest BCUT2D eigenvalue weighted by molar-refractivity contribution is 0.882.